The van der Waals surface area contributed by atoms with Crippen LogP contribution in [0.3, 0.4) is 0 Å². The van der Waals surface area contributed by atoms with E-state index in [-0.39, 0.29) is 6.04 Å². The quantitative estimate of drug-likeness (QED) is 0.288. The lowest BCUT2D eigenvalue weighted by Gasteiger charge is -2.30. The minimum atomic E-state index is 0.267. The van der Waals surface area contributed by atoms with E-state index in [9.17, 15) is 0 Å². The Morgan fingerprint density at radius 3 is 2.80 bits per heavy atom. The molecule has 4 nitrogen and oxygen atoms in total. The molecule has 2 unspecified atom stereocenters. The third kappa shape index (κ3) is 3.38. The summed E-state index contributed by atoms with van der Waals surface area (Å²) in [5, 5.41) is 15.0. The Kier molecular flexibility index (Phi) is 3.97. The van der Waals surface area contributed by atoms with Crippen LogP contribution >= 0.6 is 0 Å². The van der Waals surface area contributed by atoms with E-state index in [1.807, 2.05) is 0 Å². The second-order valence-corrected chi connectivity index (χ2v) is 5.30. The van der Waals surface area contributed by atoms with Gasteiger partial charge in [0.25, 0.3) is 0 Å². The SMILES string of the molecule is CC(CC(N)=NO)NC1CCCC1(C)C. The van der Waals surface area contributed by atoms with Gasteiger partial charge >= 0.3 is 0 Å². The fraction of sp³-hybridized carbons (Fsp3) is 0.909. The molecule has 0 aliphatic heterocycles. The molecule has 0 saturated heterocycles. The molecule has 1 aliphatic carbocycles. The second-order valence-electron chi connectivity index (χ2n) is 5.30. The van der Waals surface area contributed by atoms with E-state index in [2.05, 4.69) is 31.2 Å². The summed E-state index contributed by atoms with van der Waals surface area (Å²) in [4.78, 5) is 0. The third-order valence-electron chi connectivity index (χ3n) is 3.39. The first-order valence-corrected chi connectivity index (χ1v) is 5.68. The van der Waals surface area contributed by atoms with Crippen LogP contribution in [0.2, 0.25) is 0 Å². The summed E-state index contributed by atoms with van der Waals surface area (Å²) in [6.45, 7) is 6.67. The van der Waals surface area contributed by atoms with Gasteiger partial charge in [0.2, 0.25) is 0 Å². The Balaban J connectivity index is 2.41. The lowest BCUT2D eigenvalue weighted by Crippen LogP contribution is -2.44. The van der Waals surface area contributed by atoms with Gasteiger partial charge < -0.3 is 16.3 Å². The molecule has 0 bridgehead atoms. The molecule has 0 heterocycles. The van der Waals surface area contributed by atoms with E-state index in [4.69, 9.17) is 10.9 Å². The summed E-state index contributed by atoms with van der Waals surface area (Å²) in [5.74, 6) is 0.297. The van der Waals surface area contributed by atoms with Crippen molar-refractivity contribution in [1.29, 1.82) is 0 Å². The standard InChI is InChI=1S/C11H23N3O/c1-8(7-10(12)14-15)13-9-5-4-6-11(9,2)3/h8-9,13,15H,4-7H2,1-3H3,(H2,12,14). The second kappa shape index (κ2) is 4.84. The lowest BCUT2D eigenvalue weighted by molar-refractivity contribution is 0.265. The van der Waals surface area contributed by atoms with Gasteiger partial charge in [-0.25, -0.2) is 0 Å². The fourth-order valence-electron chi connectivity index (χ4n) is 2.39. The van der Waals surface area contributed by atoms with Crippen LogP contribution in [0.15, 0.2) is 5.16 Å². The molecule has 2 atom stereocenters. The highest BCUT2D eigenvalue weighted by molar-refractivity contribution is 5.80. The van der Waals surface area contributed by atoms with Gasteiger partial charge in [0.1, 0.15) is 5.84 Å². The zero-order valence-electron chi connectivity index (χ0n) is 9.95. The van der Waals surface area contributed by atoms with Crippen LogP contribution in [-0.2, 0) is 0 Å². The van der Waals surface area contributed by atoms with Gasteiger partial charge in [-0.05, 0) is 25.2 Å². The van der Waals surface area contributed by atoms with Gasteiger partial charge in [0.05, 0.1) is 0 Å². The van der Waals surface area contributed by atoms with Crippen molar-refractivity contribution in [1.82, 2.24) is 5.32 Å². The number of oxime groups is 1. The summed E-state index contributed by atoms with van der Waals surface area (Å²) in [6, 6.07) is 0.822. The number of amidine groups is 1. The molecule has 4 N–H and O–H groups in total. The molecular formula is C11H23N3O. The van der Waals surface area contributed by atoms with Crippen molar-refractivity contribution in [2.75, 3.05) is 0 Å². The van der Waals surface area contributed by atoms with E-state index in [0.717, 1.165) is 0 Å². The number of hydrogen-bond acceptors (Lipinski definition) is 3. The number of rotatable bonds is 4. The molecule has 15 heavy (non-hydrogen) atoms. The van der Waals surface area contributed by atoms with E-state index < -0.39 is 0 Å². The minimum Gasteiger partial charge on any atom is -0.409 e. The molecular weight excluding hydrogens is 190 g/mol. The van der Waals surface area contributed by atoms with Gasteiger partial charge in [-0.15, -0.1) is 0 Å². The summed E-state index contributed by atoms with van der Waals surface area (Å²) in [6.07, 6.45) is 4.40. The van der Waals surface area contributed by atoms with E-state index >= 15 is 0 Å². The molecule has 88 valence electrons. The largest absolute Gasteiger partial charge is 0.409 e. The van der Waals surface area contributed by atoms with Gasteiger partial charge in [0, 0.05) is 18.5 Å². The van der Waals surface area contributed by atoms with Crippen LogP contribution in [0, 0.1) is 5.41 Å². The molecule has 0 aromatic heterocycles. The number of nitrogens with zero attached hydrogens (tertiary/aromatic N) is 1. The minimum absolute atomic E-state index is 0.267. The highest BCUT2D eigenvalue weighted by Gasteiger charge is 2.34. The van der Waals surface area contributed by atoms with Crippen LogP contribution in [-0.4, -0.2) is 23.1 Å². The first kappa shape index (κ1) is 12.3. The average Bonchev–Trinajstić information content (AvgIpc) is 2.45. The van der Waals surface area contributed by atoms with Crippen molar-refractivity contribution in [3.05, 3.63) is 0 Å². The summed E-state index contributed by atoms with van der Waals surface area (Å²) in [7, 11) is 0. The van der Waals surface area contributed by atoms with Gasteiger partial charge in [-0.1, -0.05) is 25.4 Å². The Bertz CT molecular complexity index is 238. The van der Waals surface area contributed by atoms with Crippen molar-refractivity contribution in [3.63, 3.8) is 0 Å². The highest BCUT2D eigenvalue weighted by Crippen LogP contribution is 2.37. The van der Waals surface area contributed by atoms with Crippen LogP contribution < -0.4 is 11.1 Å². The Labute approximate surface area is 91.9 Å². The highest BCUT2D eigenvalue weighted by atomic mass is 16.4. The van der Waals surface area contributed by atoms with E-state index in [1.165, 1.54) is 19.3 Å². The third-order valence-corrected chi connectivity index (χ3v) is 3.39. The van der Waals surface area contributed by atoms with Gasteiger partial charge in [0.15, 0.2) is 0 Å². The molecule has 4 heteroatoms. The van der Waals surface area contributed by atoms with Crippen molar-refractivity contribution < 1.29 is 5.21 Å². The molecule has 1 rings (SSSR count). The van der Waals surface area contributed by atoms with E-state index in [1.54, 1.807) is 0 Å². The normalized spacial score (nSPS) is 27.9. The summed E-state index contributed by atoms with van der Waals surface area (Å²) < 4.78 is 0. The average molecular weight is 213 g/mol. The maximum Gasteiger partial charge on any atom is 0.140 e. The predicted octanol–water partition coefficient (Wildman–Crippen LogP) is 1.68. The maximum atomic E-state index is 8.48. The number of hydrogen-bond donors (Lipinski definition) is 3. The molecule has 0 spiro atoms. The monoisotopic (exact) mass is 213 g/mol. The summed E-state index contributed by atoms with van der Waals surface area (Å²) in [5.41, 5.74) is 5.85. The molecule has 0 aromatic rings. The zero-order chi connectivity index (χ0) is 11.5. The first-order valence-electron chi connectivity index (χ1n) is 5.68. The Morgan fingerprint density at radius 2 is 2.33 bits per heavy atom. The Hall–Kier alpha value is -0.770. The molecule has 0 aromatic carbocycles. The number of nitrogens with two attached hydrogens (primary N) is 1. The van der Waals surface area contributed by atoms with Gasteiger partial charge in [-0.2, -0.15) is 0 Å². The predicted molar refractivity (Wildman–Crippen MR) is 62.0 cm³/mol. The molecule has 1 aliphatic rings. The van der Waals surface area contributed by atoms with Crippen LogP contribution in [0.1, 0.15) is 46.5 Å². The lowest BCUT2D eigenvalue weighted by atomic mass is 9.87. The smallest absolute Gasteiger partial charge is 0.140 e. The van der Waals surface area contributed by atoms with E-state index in [0.29, 0.717) is 23.7 Å². The topological polar surface area (TPSA) is 70.6 Å². The first-order chi connectivity index (χ1) is 6.95. The van der Waals surface area contributed by atoms with Crippen molar-refractivity contribution in [3.8, 4) is 0 Å². The zero-order valence-corrected chi connectivity index (χ0v) is 9.95. The molecule has 1 saturated carbocycles. The Morgan fingerprint density at radius 1 is 1.67 bits per heavy atom. The summed E-state index contributed by atoms with van der Waals surface area (Å²) >= 11 is 0. The van der Waals surface area contributed by atoms with Crippen molar-refractivity contribution >= 4 is 5.84 Å². The molecule has 1 fully saturated rings. The molecule has 0 radical (unpaired) electrons. The van der Waals surface area contributed by atoms with Crippen LogP contribution in [0.25, 0.3) is 0 Å². The van der Waals surface area contributed by atoms with Crippen LogP contribution in [0.4, 0.5) is 0 Å². The molecule has 0 amide bonds. The van der Waals surface area contributed by atoms with Gasteiger partial charge in [-0.3, -0.25) is 0 Å². The fourth-order valence-corrected chi connectivity index (χ4v) is 2.39. The van der Waals surface area contributed by atoms with Crippen molar-refractivity contribution in [2.45, 2.75) is 58.5 Å². The maximum absolute atomic E-state index is 8.48. The van der Waals surface area contributed by atoms with Crippen LogP contribution in [0.5, 0.6) is 0 Å². The number of nitrogens with one attached hydrogen (secondary N) is 1. The van der Waals surface area contributed by atoms with Crippen molar-refractivity contribution in [2.24, 2.45) is 16.3 Å².